The van der Waals surface area contributed by atoms with Gasteiger partial charge in [-0.2, -0.15) is 5.10 Å². The first-order chi connectivity index (χ1) is 11.3. The molecule has 0 aromatic carbocycles. The Hall–Kier alpha value is -1.37. The summed E-state index contributed by atoms with van der Waals surface area (Å²) in [6, 6.07) is 0. The van der Waals surface area contributed by atoms with Crippen LogP contribution in [0.3, 0.4) is 0 Å². The maximum Gasteiger partial charge on any atom is 0.0898 e. The third-order valence-electron chi connectivity index (χ3n) is 5.08. The van der Waals surface area contributed by atoms with E-state index in [2.05, 4.69) is 15.8 Å². The van der Waals surface area contributed by atoms with Gasteiger partial charge in [-0.1, -0.05) is 0 Å². The summed E-state index contributed by atoms with van der Waals surface area (Å²) in [6.07, 6.45) is 7.87. The van der Waals surface area contributed by atoms with E-state index in [0.717, 1.165) is 37.4 Å². The molecule has 1 aliphatic heterocycles. The lowest BCUT2D eigenvalue weighted by atomic mass is 9.93. The van der Waals surface area contributed by atoms with Gasteiger partial charge in [0.2, 0.25) is 0 Å². The van der Waals surface area contributed by atoms with Crippen LogP contribution in [-0.4, -0.2) is 40.9 Å². The molecule has 124 valence electrons. The number of fused-ring (bicyclic) bond motifs is 3. The van der Waals surface area contributed by atoms with E-state index >= 15 is 0 Å². The second kappa shape index (κ2) is 6.26. The summed E-state index contributed by atoms with van der Waals surface area (Å²) in [5.74, 6) is 0. The lowest BCUT2D eigenvalue weighted by Gasteiger charge is -2.13. The van der Waals surface area contributed by atoms with Crippen molar-refractivity contribution in [3.63, 3.8) is 0 Å². The van der Waals surface area contributed by atoms with E-state index in [-0.39, 0.29) is 0 Å². The lowest BCUT2D eigenvalue weighted by molar-refractivity contribution is 0.315. The van der Waals surface area contributed by atoms with E-state index in [9.17, 15) is 0 Å². The van der Waals surface area contributed by atoms with Crippen LogP contribution in [0.2, 0.25) is 0 Å². The Balaban J connectivity index is 1.57. The van der Waals surface area contributed by atoms with Gasteiger partial charge in [0.25, 0.3) is 0 Å². The number of nitrogen functional groups attached to an aromatic ring is 1. The number of rotatable bonds is 5. The van der Waals surface area contributed by atoms with Crippen molar-refractivity contribution in [3.05, 3.63) is 23.0 Å². The second-order valence-corrected chi connectivity index (χ2v) is 7.64. The third kappa shape index (κ3) is 2.79. The van der Waals surface area contributed by atoms with Crippen molar-refractivity contribution in [1.82, 2.24) is 14.7 Å². The van der Waals surface area contributed by atoms with Crippen molar-refractivity contribution in [1.29, 1.82) is 0 Å². The zero-order chi connectivity index (χ0) is 15.8. The summed E-state index contributed by atoms with van der Waals surface area (Å²) >= 11 is 1.71. The summed E-state index contributed by atoms with van der Waals surface area (Å²) in [5, 5.41) is 5.77. The van der Waals surface area contributed by atoms with E-state index < -0.39 is 0 Å². The molecule has 0 atom stereocenters. The minimum atomic E-state index is 0.662. The van der Waals surface area contributed by atoms with Gasteiger partial charge in [0, 0.05) is 23.2 Å². The molecule has 0 saturated carbocycles. The normalized spacial score (nSPS) is 17.4. The minimum Gasteiger partial charge on any atom is -0.390 e. The van der Waals surface area contributed by atoms with Gasteiger partial charge < -0.3 is 16.4 Å². The highest BCUT2D eigenvalue weighted by molar-refractivity contribution is 7.19. The largest absolute Gasteiger partial charge is 0.390 e. The van der Waals surface area contributed by atoms with Crippen LogP contribution in [0.25, 0.3) is 10.4 Å². The van der Waals surface area contributed by atoms with Crippen molar-refractivity contribution in [3.8, 4) is 10.4 Å². The van der Waals surface area contributed by atoms with Gasteiger partial charge in [0.1, 0.15) is 0 Å². The van der Waals surface area contributed by atoms with E-state index in [1.165, 1.54) is 53.2 Å². The van der Waals surface area contributed by atoms with Crippen LogP contribution in [0.1, 0.15) is 29.7 Å². The molecule has 0 radical (unpaired) electrons. The molecule has 0 amide bonds. The predicted octanol–water partition coefficient (Wildman–Crippen LogP) is 1.89. The minimum absolute atomic E-state index is 0.662. The van der Waals surface area contributed by atoms with Gasteiger partial charge in [-0.25, -0.2) is 0 Å². The Kier molecular flexibility index (Phi) is 4.13. The van der Waals surface area contributed by atoms with Gasteiger partial charge in [0.15, 0.2) is 0 Å². The molecule has 2 aliphatic rings. The Morgan fingerprint density at radius 1 is 1.17 bits per heavy atom. The van der Waals surface area contributed by atoms with Gasteiger partial charge in [-0.05, 0) is 62.9 Å². The fourth-order valence-corrected chi connectivity index (χ4v) is 5.06. The molecule has 4 N–H and O–H groups in total. The van der Waals surface area contributed by atoms with Crippen LogP contribution in [0, 0.1) is 0 Å². The predicted molar refractivity (Wildman–Crippen MR) is 95.8 cm³/mol. The van der Waals surface area contributed by atoms with Crippen molar-refractivity contribution >= 4 is 16.3 Å². The maximum absolute atomic E-state index is 6.24. The number of nitrogens with zero attached hydrogens (tertiary/aromatic N) is 3. The number of thiophene rings is 1. The van der Waals surface area contributed by atoms with Crippen LogP contribution in [0.5, 0.6) is 0 Å². The lowest BCUT2D eigenvalue weighted by Crippen LogP contribution is -2.24. The zero-order valence-electron chi connectivity index (χ0n) is 13.6. The Morgan fingerprint density at radius 2 is 2.00 bits per heavy atom. The molecule has 6 heteroatoms. The summed E-state index contributed by atoms with van der Waals surface area (Å²) in [5.41, 5.74) is 17.2. The molecule has 0 unspecified atom stereocenters. The van der Waals surface area contributed by atoms with Crippen molar-refractivity contribution in [2.24, 2.45) is 5.73 Å². The topological polar surface area (TPSA) is 73.1 Å². The monoisotopic (exact) mass is 331 g/mol. The first-order valence-corrected chi connectivity index (χ1v) is 9.47. The average Bonchev–Trinajstić information content (AvgIpc) is 3.25. The van der Waals surface area contributed by atoms with Crippen LogP contribution in [0.15, 0.2) is 6.20 Å². The summed E-state index contributed by atoms with van der Waals surface area (Å²) in [6.45, 7) is 5.25. The average molecular weight is 331 g/mol. The molecule has 5 nitrogen and oxygen atoms in total. The summed E-state index contributed by atoms with van der Waals surface area (Å²) in [4.78, 5) is 3.87. The molecule has 2 aromatic rings. The van der Waals surface area contributed by atoms with Gasteiger partial charge in [-0.15, -0.1) is 11.3 Å². The SMILES string of the molecule is NCCc1c(N)sc2c1CCc1nn(CCN3CCCC3)cc1-2. The number of nitrogens with two attached hydrogens (primary N) is 2. The molecule has 4 rings (SSSR count). The highest BCUT2D eigenvalue weighted by atomic mass is 32.1. The molecular formula is C17H25N5S. The van der Waals surface area contributed by atoms with Crippen molar-refractivity contribution < 1.29 is 0 Å². The van der Waals surface area contributed by atoms with E-state index in [1.54, 1.807) is 11.3 Å². The quantitative estimate of drug-likeness (QED) is 0.877. The summed E-state index contributed by atoms with van der Waals surface area (Å²) < 4.78 is 2.14. The van der Waals surface area contributed by atoms with Crippen LogP contribution >= 0.6 is 11.3 Å². The number of aromatic nitrogens is 2. The molecule has 2 aromatic heterocycles. The maximum atomic E-state index is 6.24. The van der Waals surface area contributed by atoms with E-state index in [0.29, 0.717) is 6.54 Å². The highest BCUT2D eigenvalue weighted by Crippen LogP contribution is 2.43. The van der Waals surface area contributed by atoms with Crippen molar-refractivity contribution in [2.45, 2.75) is 38.6 Å². The van der Waals surface area contributed by atoms with Crippen LogP contribution < -0.4 is 11.5 Å². The second-order valence-electron chi connectivity index (χ2n) is 6.59. The van der Waals surface area contributed by atoms with Gasteiger partial charge >= 0.3 is 0 Å². The molecule has 3 heterocycles. The van der Waals surface area contributed by atoms with Gasteiger partial charge in [0.05, 0.1) is 17.2 Å². The number of likely N-dealkylation sites (tertiary alicyclic amines) is 1. The molecule has 23 heavy (non-hydrogen) atoms. The van der Waals surface area contributed by atoms with Gasteiger partial charge in [-0.3, -0.25) is 4.68 Å². The number of aryl methyl sites for hydroxylation is 1. The smallest absolute Gasteiger partial charge is 0.0898 e. The molecule has 0 spiro atoms. The van der Waals surface area contributed by atoms with E-state index in [4.69, 9.17) is 16.6 Å². The Morgan fingerprint density at radius 3 is 2.78 bits per heavy atom. The van der Waals surface area contributed by atoms with Crippen LogP contribution in [0.4, 0.5) is 5.00 Å². The summed E-state index contributed by atoms with van der Waals surface area (Å²) in [7, 11) is 0. The van der Waals surface area contributed by atoms with Crippen LogP contribution in [-0.2, 0) is 25.8 Å². The third-order valence-corrected chi connectivity index (χ3v) is 6.22. The fraction of sp³-hybridized carbons (Fsp3) is 0.588. The number of anilines is 1. The molecule has 1 fully saturated rings. The molecule has 0 bridgehead atoms. The number of hydrogen-bond acceptors (Lipinski definition) is 5. The molecule has 1 aliphatic carbocycles. The number of hydrogen-bond donors (Lipinski definition) is 2. The van der Waals surface area contributed by atoms with E-state index in [1.807, 2.05) is 0 Å². The molecule has 1 saturated heterocycles. The fourth-order valence-electron chi connectivity index (χ4n) is 3.86. The Bertz CT molecular complexity index is 696. The standard InChI is InChI=1S/C17H25N5S/c18-6-5-13-12-3-4-15-14(16(12)23-17(13)19)11-22(20-15)10-9-21-7-1-2-8-21/h11H,1-10,18-19H2. The Labute approximate surface area is 141 Å². The zero-order valence-corrected chi connectivity index (χ0v) is 14.4. The first-order valence-electron chi connectivity index (χ1n) is 8.65. The molecular weight excluding hydrogens is 306 g/mol. The first kappa shape index (κ1) is 15.2. The van der Waals surface area contributed by atoms with Crippen molar-refractivity contribution in [2.75, 3.05) is 31.9 Å². The highest BCUT2D eigenvalue weighted by Gasteiger charge is 2.25.